The van der Waals surface area contributed by atoms with E-state index < -0.39 is 0 Å². The smallest absolute Gasteiger partial charge is 0.227 e. The van der Waals surface area contributed by atoms with Crippen LogP contribution in [0.3, 0.4) is 0 Å². The van der Waals surface area contributed by atoms with Crippen molar-refractivity contribution in [2.24, 2.45) is 11.8 Å². The number of amides is 3. The van der Waals surface area contributed by atoms with Gasteiger partial charge in [-0.3, -0.25) is 14.4 Å². The topological polar surface area (TPSA) is 78.5 Å². The van der Waals surface area contributed by atoms with Crippen LogP contribution < -0.4 is 10.6 Å². The van der Waals surface area contributed by atoms with Gasteiger partial charge in [-0.1, -0.05) is 42.5 Å². The highest BCUT2D eigenvalue weighted by molar-refractivity contribution is 5.94. The molecule has 0 bridgehead atoms. The summed E-state index contributed by atoms with van der Waals surface area (Å²) in [6.07, 6.45) is 3.93. The lowest BCUT2D eigenvalue weighted by atomic mass is 9.96. The van der Waals surface area contributed by atoms with Gasteiger partial charge in [-0.2, -0.15) is 0 Å². The number of piperidine rings is 1. The molecule has 1 saturated heterocycles. The Morgan fingerprint density at radius 1 is 0.871 bits per heavy atom. The quantitative estimate of drug-likeness (QED) is 0.724. The van der Waals surface area contributed by atoms with Crippen molar-refractivity contribution in [3.05, 3.63) is 65.7 Å². The molecule has 4 rings (SSSR count). The lowest BCUT2D eigenvalue weighted by molar-refractivity contribution is -0.135. The molecule has 2 N–H and O–H groups in total. The Bertz CT molecular complexity index is 940. The third-order valence-electron chi connectivity index (χ3n) is 5.95. The largest absolute Gasteiger partial charge is 0.352 e. The van der Waals surface area contributed by atoms with Crippen molar-refractivity contribution in [1.29, 1.82) is 0 Å². The first-order valence-corrected chi connectivity index (χ1v) is 11.1. The summed E-state index contributed by atoms with van der Waals surface area (Å²) in [6, 6.07) is 17.3. The van der Waals surface area contributed by atoms with Crippen molar-refractivity contribution in [3.8, 4) is 0 Å². The molecule has 2 fully saturated rings. The molecule has 31 heavy (non-hydrogen) atoms. The zero-order valence-corrected chi connectivity index (χ0v) is 17.7. The number of nitrogens with one attached hydrogen (secondary N) is 2. The summed E-state index contributed by atoms with van der Waals surface area (Å²) in [7, 11) is 0. The zero-order valence-electron chi connectivity index (χ0n) is 17.7. The number of carbonyl (C=O) groups is 3. The minimum atomic E-state index is -0.189. The molecule has 0 unspecified atom stereocenters. The first kappa shape index (κ1) is 21.1. The van der Waals surface area contributed by atoms with E-state index in [4.69, 9.17) is 0 Å². The molecule has 0 aromatic heterocycles. The van der Waals surface area contributed by atoms with Crippen LogP contribution in [-0.4, -0.2) is 35.7 Å². The highest BCUT2D eigenvalue weighted by Crippen LogP contribution is 2.30. The average molecular weight is 420 g/mol. The van der Waals surface area contributed by atoms with Crippen LogP contribution in [0.15, 0.2) is 54.6 Å². The summed E-state index contributed by atoms with van der Waals surface area (Å²) in [5, 5.41) is 5.94. The zero-order chi connectivity index (χ0) is 21.6. The van der Waals surface area contributed by atoms with Gasteiger partial charge >= 0.3 is 0 Å². The van der Waals surface area contributed by atoms with E-state index in [0.29, 0.717) is 26.1 Å². The highest BCUT2D eigenvalue weighted by atomic mass is 16.2. The van der Waals surface area contributed by atoms with Crippen molar-refractivity contribution in [2.75, 3.05) is 18.4 Å². The fourth-order valence-corrected chi connectivity index (χ4v) is 3.98. The van der Waals surface area contributed by atoms with Gasteiger partial charge in [0, 0.05) is 31.2 Å². The molecule has 6 heteroatoms. The van der Waals surface area contributed by atoms with E-state index in [1.165, 1.54) is 0 Å². The maximum Gasteiger partial charge on any atom is 0.227 e. The molecule has 1 heterocycles. The maximum absolute atomic E-state index is 12.7. The highest BCUT2D eigenvalue weighted by Gasteiger charge is 2.30. The second-order valence-electron chi connectivity index (χ2n) is 8.52. The van der Waals surface area contributed by atoms with Crippen molar-refractivity contribution in [3.63, 3.8) is 0 Å². The normalized spacial score (nSPS) is 18.3. The number of rotatable bonds is 7. The second-order valence-corrected chi connectivity index (χ2v) is 8.52. The number of carbonyl (C=O) groups excluding carboxylic acids is 3. The molecule has 2 aliphatic rings. The predicted octanol–water partition coefficient (Wildman–Crippen LogP) is 3.13. The van der Waals surface area contributed by atoms with Gasteiger partial charge in [0.25, 0.3) is 0 Å². The van der Waals surface area contributed by atoms with Crippen LogP contribution in [0.25, 0.3) is 0 Å². The van der Waals surface area contributed by atoms with Crippen molar-refractivity contribution >= 4 is 23.4 Å². The lowest BCUT2D eigenvalue weighted by Gasteiger charge is -2.32. The molecule has 0 spiro atoms. The molecule has 6 nitrogen and oxygen atoms in total. The monoisotopic (exact) mass is 419 g/mol. The summed E-state index contributed by atoms with van der Waals surface area (Å²) in [5.74, 6) is 0.0875. The molecule has 2 aromatic carbocycles. The molecular formula is C25H29N3O3. The van der Waals surface area contributed by atoms with E-state index in [2.05, 4.69) is 10.6 Å². The van der Waals surface area contributed by atoms with Gasteiger partial charge in [-0.25, -0.2) is 0 Å². The second kappa shape index (κ2) is 9.77. The Labute approximate surface area is 183 Å². The van der Waals surface area contributed by atoms with E-state index in [9.17, 15) is 14.4 Å². The fourth-order valence-electron chi connectivity index (χ4n) is 3.98. The van der Waals surface area contributed by atoms with E-state index in [-0.39, 0.29) is 29.6 Å². The summed E-state index contributed by atoms with van der Waals surface area (Å²) in [6.45, 7) is 1.58. The van der Waals surface area contributed by atoms with Gasteiger partial charge in [0.2, 0.25) is 17.7 Å². The van der Waals surface area contributed by atoms with E-state index >= 15 is 0 Å². The number of benzene rings is 2. The van der Waals surface area contributed by atoms with E-state index in [1.54, 1.807) is 0 Å². The molecule has 162 valence electrons. The van der Waals surface area contributed by atoms with Gasteiger partial charge in [-0.05, 0) is 48.9 Å². The number of anilines is 1. The molecule has 1 saturated carbocycles. The standard InChI is InChI=1S/C25H29N3O3/c29-23(15-18-6-2-1-3-7-18)28-13-5-9-21(17-28)24(30)26-16-19-8-4-10-22(14-19)27-25(31)20-11-12-20/h1-4,6-8,10,14,20-21H,5,9,11-13,15-17H2,(H,26,30)(H,27,31)/t21-/m0/s1. The molecule has 1 aliphatic carbocycles. The summed E-state index contributed by atoms with van der Waals surface area (Å²) < 4.78 is 0. The fraction of sp³-hybridized carbons (Fsp3) is 0.400. The Balaban J connectivity index is 1.27. The minimum absolute atomic E-state index is 0.0235. The van der Waals surface area contributed by atoms with Crippen LogP contribution in [0.2, 0.25) is 0 Å². The van der Waals surface area contributed by atoms with Crippen LogP contribution in [0.4, 0.5) is 5.69 Å². The number of likely N-dealkylation sites (tertiary alicyclic amines) is 1. The van der Waals surface area contributed by atoms with Crippen LogP contribution in [0, 0.1) is 11.8 Å². The van der Waals surface area contributed by atoms with Crippen LogP contribution >= 0.6 is 0 Å². The van der Waals surface area contributed by atoms with Gasteiger partial charge in [-0.15, -0.1) is 0 Å². The molecule has 1 aliphatic heterocycles. The maximum atomic E-state index is 12.7. The molecule has 1 atom stereocenters. The Morgan fingerprint density at radius 3 is 2.42 bits per heavy atom. The first-order valence-electron chi connectivity index (χ1n) is 11.1. The Hall–Kier alpha value is -3.15. The predicted molar refractivity (Wildman–Crippen MR) is 119 cm³/mol. The number of hydrogen-bond acceptors (Lipinski definition) is 3. The van der Waals surface area contributed by atoms with Crippen LogP contribution in [0.1, 0.15) is 36.8 Å². The van der Waals surface area contributed by atoms with E-state index in [0.717, 1.165) is 42.5 Å². The number of hydrogen-bond donors (Lipinski definition) is 2. The summed E-state index contributed by atoms with van der Waals surface area (Å²) in [4.78, 5) is 39.2. The minimum Gasteiger partial charge on any atom is -0.352 e. The van der Waals surface area contributed by atoms with Gasteiger partial charge < -0.3 is 15.5 Å². The van der Waals surface area contributed by atoms with Crippen LogP contribution in [-0.2, 0) is 27.3 Å². The van der Waals surface area contributed by atoms with Gasteiger partial charge in [0.05, 0.1) is 12.3 Å². The third kappa shape index (κ3) is 5.94. The number of nitrogens with zero attached hydrogens (tertiary/aromatic N) is 1. The molecule has 3 amide bonds. The van der Waals surface area contributed by atoms with Gasteiger partial charge in [0.15, 0.2) is 0 Å². The molecule has 0 radical (unpaired) electrons. The molecule has 2 aromatic rings. The third-order valence-corrected chi connectivity index (χ3v) is 5.95. The SMILES string of the molecule is O=C(Nc1cccc(CNC(=O)[C@H]2CCCN(C(=O)Cc3ccccc3)C2)c1)C1CC1. The first-order chi connectivity index (χ1) is 15.1. The van der Waals surface area contributed by atoms with Gasteiger partial charge in [0.1, 0.15) is 0 Å². The van der Waals surface area contributed by atoms with Crippen LogP contribution in [0.5, 0.6) is 0 Å². The van der Waals surface area contributed by atoms with Crippen molar-refractivity contribution in [1.82, 2.24) is 10.2 Å². The lowest BCUT2D eigenvalue weighted by Crippen LogP contribution is -2.45. The van der Waals surface area contributed by atoms with Crippen molar-refractivity contribution < 1.29 is 14.4 Å². The average Bonchev–Trinajstić information content (AvgIpc) is 3.64. The summed E-state index contributed by atoms with van der Waals surface area (Å²) in [5.41, 5.74) is 2.70. The van der Waals surface area contributed by atoms with E-state index in [1.807, 2.05) is 59.5 Å². The Kier molecular flexibility index (Phi) is 6.65. The Morgan fingerprint density at radius 2 is 1.65 bits per heavy atom. The summed E-state index contributed by atoms with van der Waals surface area (Å²) >= 11 is 0. The van der Waals surface area contributed by atoms with Crippen molar-refractivity contribution in [2.45, 2.75) is 38.6 Å². The molecular weight excluding hydrogens is 390 g/mol.